The lowest BCUT2D eigenvalue weighted by molar-refractivity contribution is -0.291. The molecule has 0 fully saturated rings. The number of carboxylic acids is 1. The molecule has 0 saturated carbocycles. The van der Waals surface area contributed by atoms with Crippen molar-refractivity contribution in [1.29, 1.82) is 0 Å². The van der Waals surface area contributed by atoms with E-state index in [1.165, 1.54) is 6.08 Å². The van der Waals surface area contributed by atoms with Gasteiger partial charge in [-0.2, -0.15) is 22.0 Å². The molecule has 228 valence electrons. The van der Waals surface area contributed by atoms with Crippen LogP contribution in [0.2, 0.25) is 0 Å². The highest BCUT2D eigenvalue weighted by Gasteiger charge is 2.62. The molecule has 2 heterocycles. The average Bonchev–Trinajstić information content (AvgIpc) is 3.61. The van der Waals surface area contributed by atoms with Crippen molar-refractivity contribution in [1.82, 2.24) is 26.0 Å². The second-order valence-corrected chi connectivity index (χ2v) is 8.35. The van der Waals surface area contributed by atoms with Crippen molar-refractivity contribution >= 4 is 17.9 Å². The van der Waals surface area contributed by atoms with Crippen LogP contribution in [0.1, 0.15) is 87.0 Å². The van der Waals surface area contributed by atoms with Crippen LogP contribution >= 0.6 is 0 Å². The van der Waals surface area contributed by atoms with Crippen molar-refractivity contribution in [2.75, 3.05) is 0 Å². The fourth-order valence-electron chi connectivity index (χ4n) is 3.90. The Kier molecular flexibility index (Phi) is 14.2. The maximum atomic E-state index is 14.2. The van der Waals surface area contributed by atoms with Gasteiger partial charge in [0.1, 0.15) is 5.82 Å². The Hall–Kier alpha value is -3.74. The maximum Gasteiger partial charge on any atom is 0.459 e. The largest absolute Gasteiger partial charge is 0.477 e. The number of aryl methyl sites for hydroxylation is 1. The Balaban J connectivity index is 0.00000201. The number of aromatic nitrogens is 2. The van der Waals surface area contributed by atoms with Crippen molar-refractivity contribution in [3.63, 3.8) is 0 Å². The van der Waals surface area contributed by atoms with Crippen LogP contribution in [-0.4, -0.2) is 32.6 Å². The van der Waals surface area contributed by atoms with Gasteiger partial charge in [-0.25, -0.2) is 15.3 Å². The minimum absolute atomic E-state index is 0.0381. The molecule has 3 rings (SSSR count). The summed E-state index contributed by atoms with van der Waals surface area (Å²) in [4.78, 5) is 15.3. The zero-order valence-corrected chi connectivity index (χ0v) is 23.9. The van der Waals surface area contributed by atoms with Crippen LogP contribution in [0.25, 0.3) is 6.08 Å². The zero-order chi connectivity index (χ0) is 31.2. The first-order chi connectivity index (χ1) is 19.5. The maximum absolute atomic E-state index is 14.2. The van der Waals surface area contributed by atoms with Gasteiger partial charge in [0.15, 0.2) is 17.2 Å². The van der Waals surface area contributed by atoms with Gasteiger partial charge in [-0.3, -0.25) is 5.43 Å². The van der Waals surface area contributed by atoms with E-state index in [1.807, 2.05) is 64.1 Å². The number of rotatable bonds is 12. The second-order valence-electron chi connectivity index (χ2n) is 8.35. The van der Waals surface area contributed by atoms with Crippen molar-refractivity contribution in [3.05, 3.63) is 71.3 Å². The van der Waals surface area contributed by atoms with Crippen LogP contribution in [0, 0.1) is 5.92 Å². The number of amidine groups is 1. The highest BCUT2D eigenvalue weighted by molar-refractivity contribution is 6.01. The van der Waals surface area contributed by atoms with Crippen molar-refractivity contribution in [2.45, 2.75) is 78.9 Å². The molecule has 1 atom stereocenters. The molecule has 0 aliphatic carbocycles. The van der Waals surface area contributed by atoms with Gasteiger partial charge in [0.2, 0.25) is 0 Å². The number of carboxylic acid groups (broad SMARTS) is 1. The summed E-state index contributed by atoms with van der Waals surface area (Å²) in [6, 6.07) is 7.49. The summed E-state index contributed by atoms with van der Waals surface area (Å²) >= 11 is 0. The summed E-state index contributed by atoms with van der Waals surface area (Å²) in [5.74, 6) is -7.26. The van der Waals surface area contributed by atoms with Gasteiger partial charge >= 0.3 is 18.1 Å². The number of allylic oxidation sites excluding steroid dienone is 2. The number of imidazole rings is 1. The molecule has 0 bridgehead atoms. The Morgan fingerprint density at radius 2 is 1.80 bits per heavy atom. The van der Waals surface area contributed by atoms with E-state index in [1.54, 1.807) is 6.92 Å². The predicted molar refractivity (Wildman–Crippen MR) is 150 cm³/mol. The van der Waals surface area contributed by atoms with E-state index in [0.717, 1.165) is 15.7 Å². The van der Waals surface area contributed by atoms with E-state index in [4.69, 9.17) is 0 Å². The summed E-state index contributed by atoms with van der Waals surface area (Å²) in [6.07, 6.45) is 0.668. The molecular formula is C28H39F5N6O2. The molecule has 1 aromatic carbocycles. The van der Waals surface area contributed by atoms with Crippen molar-refractivity contribution < 1.29 is 31.9 Å². The minimum Gasteiger partial charge on any atom is -0.477 e. The first-order valence-electron chi connectivity index (χ1n) is 13.5. The van der Waals surface area contributed by atoms with E-state index in [2.05, 4.69) is 33.2 Å². The van der Waals surface area contributed by atoms with Gasteiger partial charge in [0, 0.05) is 18.5 Å². The van der Waals surface area contributed by atoms with Gasteiger partial charge in [-0.1, -0.05) is 77.1 Å². The number of nitrogens with one attached hydrogen (secondary N) is 3. The van der Waals surface area contributed by atoms with Crippen LogP contribution in [0.5, 0.6) is 0 Å². The van der Waals surface area contributed by atoms with Crippen LogP contribution < -0.4 is 16.5 Å². The summed E-state index contributed by atoms with van der Waals surface area (Å²) in [5.41, 5.74) is 6.88. The van der Waals surface area contributed by atoms with E-state index in [9.17, 15) is 31.9 Å². The Labute approximate surface area is 237 Å². The van der Waals surface area contributed by atoms with E-state index >= 15 is 0 Å². The molecule has 0 amide bonds. The fourth-order valence-corrected chi connectivity index (χ4v) is 3.90. The lowest BCUT2D eigenvalue weighted by Gasteiger charge is -2.19. The summed E-state index contributed by atoms with van der Waals surface area (Å²) in [6.45, 7) is 13.3. The lowest BCUT2D eigenvalue weighted by atomic mass is 10.0. The number of halogens is 5. The Morgan fingerprint density at radius 3 is 2.34 bits per heavy atom. The molecule has 8 nitrogen and oxygen atoms in total. The highest BCUT2D eigenvalue weighted by atomic mass is 19.4. The van der Waals surface area contributed by atoms with Crippen LogP contribution in [0.3, 0.4) is 0 Å². The first kappa shape index (κ1) is 35.3. The van der Waals surface area contributed by atoms with Crippen LogP contribution in [0.4, 0.5) is 22.0 Å². The van der Waals surface area contributed by atoms with Gasteiger partial charge in [0.05, 0.1) is 0 Å². The number of benzene rings is 1. The number of hydrogen-bond acceptors (Lipinski definition) is 6. The summed E-state index contributed by atoms with van der Waals surface area (Å²) in [5, 5.41) is 13.7. The van der Waals surface area contributed by atoms with Crippen molar-refractivity contribution in [2.24, 2.45) is 11.0 Å². The molecule has 41 heavy (non-hydrogen) atoms. The SMILES string of the molecule is C=CC(CC/C=C/c1ccccc1C1=NNNN1)Cn1c(CCC)nc(C(F)(F)C(F)(F)F)c1C(=O)O.CC.CC. The monoisotopic (exact) mass is 586 g/mol. The second kappa shape index (κ2) is 16.5. The molecule has 13 heteroatoms. The summed E-state index contributed by atoms with van der Waals surface area (Å²) < 4.78 is 68.5. The molecule has 0 saturated heterocycles. The van der Waals surface area contributed by atoms with Gasteiger partial charge in [-0.05, 0) is 30.7 Å². The van der Waals surface area contributed by atoms with E-state index in [0.29, 0.717) is 25.1 Å². The molecule has 1 unspecified atom stereocenters. The smallest absolute Gasteiger partial charge is 0.459 e. The van der Waals surface area contributed by atoms with Crippen LogP contribution in [0.15, 0.2) is 48.1 Å². The number of hydrogen-bond donors (Lipinski definition) is 4. The first-order valence-corrected chi connectivity index (χ1v) is 13.5. The minimum atomic E-state index is -5.98. The number of alkyl halides is 5. The molecule has 0 spiro atoms. The molecule has 1 aromatic heterocycles. The van der Waals surface area contributed by atoms with Gasteiger partial charge in [-0.15, -0.1) is 17.2 Å². The summed E-state index contributed by atoms with van der Waals surface area (Å²) in [7, 11) is 0. The third kappa shape index (κ3) is 8.87. The van der Waals surface area contributed by atoms with E-state index in [-0.39, 0.29) is 18.8 Å². The lowest BCUT2D eigenvalue weighted by Crippen LogP contribution is -2.36. The molecular weight excluding hydrogens is 547 g/mol. The molecule has 4 N–H and O–H groups in total. The fraction of sp³-hybridized carbons (Fsp3) is 0.464. The molecule has 1 aliphatic heterocycles. The number of hydrazone groups is 1. The van der Waals surface area contributed by atoms with Gasteiger partial charge in [0.25, 0.3) is 0 Å². The van der Waals surface area contributed by atoms with Crippen molar-refractivity contribution in [3.8, 4) is 0 Å². The van der Waals surface area contributed by atoms with Crippen LogP contribution in [-0.2, 0) is 18.9 Å². The predicted octanol–water partition coefficient (Wildman–Crippen LogP) is 6.81. The van der Waals surface area contributed by atoms with E-state index < -0.39 is 35.4 Å². The standard InChI is InChI=1S/C24H27F5N6O2.2C2H6/c1-3-9-18-30-20(23(25,26)24(27,28)29)19(22(36)37)35(18)14-15(4-2)10-5-6-11-16-12-7-8-13-17(16)21-31-33-34-32-21;2*1-2/h4,6-8,11-13,15,33-34H,2-3,5,9-10,14H2,1H3,(H,31,32)(H,36,37);2*1-2H3/b11-6+;;. The average molecular weight is 587 g/mol. The number of aromatic carboxylic acids is 1. The Bertz CT molecular complexity index is 1190. The Morgan fingerprint density at radius 1 is 1.15 bits per heavy atom. The third-order valence-corrected chi connectivity index (χ3v) is 5.75. The topological polar surface area (TPSA) is 104 Å². The molecule has 2 aromatic rings. The quantitative estimate of drug-likeness (QED) is 0.161. The number of nitrogens with zero attached hydrogens (tertiary/aromatic N) is 3. The molecule has 1 aliphatic rings. The highest BCUT2D eigenvalue weighted by Crippen LogP contribution is 2.45. The number of hydrazine groups is 2. The van der Waals surface area contributed by atoms with Gasteiger partial charge < -0.3 is 9.67 Å². The third-order valence-electron chi connectivity index (χ3n) is 5.75. The normalized spacial score (nSPS) is 13.7. The number of carbonyl (C=O) groups is 1. The zero-order valence-electron chi connectivity index (χ0n) is 23.9. The molecule has 0 radical (unpaired) electrons.